The molecule has 1 aromatic heterocycles. The van der Waals surface area contributed by atoms with Crippen LogP contribution < -0.4 is 0 Å². The van der Waals surface area contributed by atoms with Crippen molar-refractivity contribution in [3.05, 3.63) is 182 Å². The summed E-state index contributed by atoms with van der Waals surface area (Å²) in [6, 6.07) is 40.0. The van der Waals surface area contributed by atoms with E-state index in [1.807, 2.05) is 66.7 Å². The zero-order valence-electron chi connectivity index (χ0n) is 34.1. The Labute approximate surface area is 295 Å². The Morgan fingerprint density at radius 2 is 0.959 bits per heavy atom. The maximum absolute atomic E-state index is 9.95. The first-order chi connectivity index (χ1) is 27.6. The van der Waals surface area contributed by atoms with Crippen molar-refractivity contribution in [2.75, 3.05) is 0 Å². The standard InChI is InChI=1S/C48H30O/c1-3-13-31(14-4-1)37-25-23-35(28-43(37)32-15-5-2-6-16-32)47-39-19-9-11-21-41(39)48(42-22-12-10-20-40(42)47)36-24-26-38-44-27-33-17-7-8-18-34(33)29-46(44)49-45(38)30-36/h1-30H/i2D,5D,6D,15D,16D,23D,25D,28D. The number of hydrogen-bond donors (Lipinski definition) is 0. The molecule has 0 spiro atoms. The highest BCUT2D eigenvalue weighted by atomic mass is 16.3. The third-order valence-corrected chi connectivity index (χ3v) is 9.43. The van der Waals surface area contributed by atoms with Gasteiger partial charge < -0.3 is 4.42 Å². The molecular weight excluding hydrogens is 593 g/mol. The minimum absolute atomic E-state index is 0.00874. The highest BCUT2D eigenvalue weighted by Gasteiger charge is 2.19. The molecular formula is C48H30O. The molecule has 1 nitrogen and oxygen atoms in total. The van der Waals surface area contributed by atoms with Gasteiger partial charge in [-0.2, -0.15) is 0 Å². The normalized spacial score (nSPS) is 14.0. The number of fused-ring (bicyclic) bond motifs is 6. The lowest BCUT2D eigenvalue weighted by Gasteiger charge is -2.19. The molecule has 0 unspecified atom stereocenters. The summed E-state index contributed by atoms with van der Waals surface area (Å²) >= 11 is 0. The van der Waals surface area contributed by atoms with Crippen LogP contribution >= 0.6 is 0 Å². The molecule has 0 atom stereocenters. The summed E-state index contributed by atoms with van der Waals surface area (Å²) in [5.74, 6) is 0. The first-order valence-electron chi connectivity index (χ1n) is 20.2. The third-order valence-electron chi connectivity index (χ3n) is 9.43. The van der Waals surface area contributed by atoms with Crippen LogP contribution in [0.3, 0.4) is 0 Å². The Morgan fingerprint density at radius 3 is 1.65 bits per heavy atom. The van der Waals surface area contributed by atoms with E-state index in [4.69, 9.17) is 11.3 Å². The molecule has 0 aliphatic heterocycles. The van der Waals surface area contributed by atoms with Gasteiger partial charge in [-0.25, -0.2) is 0 Å². The Balaban J connectivity index is 1.30. The Hall–Kier alpha value is -6.44. The molecule has 1 heterocycles. The summed E-state index contributed by atoms with van der Waals surface area (Å²) in [6.07, 6.45) is 0. The van der Waals surface area contributed by atoms with E-state index < -0.39 is 30.2 Å². The van der Waals surface area contributed by atoms with Crippen molar-refractivity contribution in [2.24, 2.45) is 0 Å². The van der Waals surface area contributed by atoms with Gasteiger partial charge in [-0.3, -0.25) is 0 Å². The topological polar surface area (TPSA) is 13.1 Å². The first kappa shape index (κ1) is 20.7. The van der Waals surface area contributed by atoms with Crippen LogP contribution in [0.15, 0.2) is 186 Å². The Kier molecular flexibility index (Phi) is 4.69. The average Bonchev–Trinajstić information content (AvgIpc) is 3.59. The van der Waals surface area contributed by atoms with Crippen LogP contribution in [-0.4, -0.2) is 0 Å². The van der Waals surface area contributed by atoms with Gasteiger partial charge in [0.25, 0.3) is 0 Å². The summed E-state index contributed by atoms with van der Waals surface area (Å²) < 4.78 is 78.8. The Morgan fingerprint density at radius 1 is 0.367 bits per heavy atom. The van der Waals surface area contributed by atoms with Crippen molar-refractivity contribution in [3.63, 3.8) is 0 Å². The van der Waals surface area contributed by atoms with E-state index in [2.05, 4.69) is 42.5 Å². The largest absolute Gasteiger partial charge is 0.456 e. The Bertz CT molecular complexity index is 3250. The second kappa shape index (κ2) is 11.1. The molecule has 0 saturated carbocycles. The minimum Gasteiger partial charge on any atom is -0.456 e. The fraction of sp³-hybridized carbons (Fsp3) is 0. The second-order valence-electron chi connectivity index (χ2n) is 12.2. The van der Waals surface area contributed by atoms with Gasteiger partial charge in [-0.15, -0.1) is 0 Å². The highest BCUT2D eigenvalue weighted by Crippen LogP contribution is 2.46. The maximum atomic E-state index is 9.95. The summed E-state index contributed by atoms with van der Waals surface area (Å²) in [6.45, 7) is 0. The quantitative estimate of drug-likeness (QED) is 0.176. The monoisotopic (exact) mass is 630 g/mol. The van der Waals surface area contributed by atoms with E-state index in [0.29, 0.717) is 11.1 Å². The van der Waals surface area contributed by atoms with Crippen LogP contribution in [0.4, 0.5) is 0 Å². The van der Waals surface area contributed by atoms with Gasteiger partial charge in [0.2, 0.25) is 0 Å². The predicted molar refractivity (Wildman–Crippen MR) is 208 cm³/mol. The van der Waals surface area contributed by atoms with Crippen LogP contribution in [0, 0.1) is 0 Å². The molecule has 0 radical (unpaired) electrons. The number of benzene rings is 9. The van der Waals surface area contributed by atoms with Crippen molar-refractivity contribution in [1.29, 1.82) is 0 Å². The molecule has 10 aromatic rings. The van der Waals surface area contributed by atoms with Gasteiger partial charge in [0.05, 0.1) is 11.0 Å². The van der Waals surface area contributed by atoms with Crippen LogP contribution in [0.1, 0.15) is 11.0 Å². The molecule has 49 heavy (non-hydrogen) atoms. The van der Waals surface area contributed by atoms with Gasteiger partial charge in [0.15, 0.2) is 0 Å². The molecule has 0 aliphatic rings. The summed E-state index contributed by atoms with van der Waals surface area (Å²) in [7, 11) is 0. The van der Waals surface area contributed by atoms with E-state index in [-0.39, 0.29) is 40.4 Å². The molecule has 0 aliphatic carbocycles. The van der Waals surface area contributed by atoms with E-state index in [0.717, 1.165) is 65.4 Å². The molecule has 0 amide bonds. The number of furan rings is 1. The van der Waals surface area contributed by atoms with Crippen LogP contribution in [0.5, 0.6) is 0 Å². The fourth-order valence-electron chi connectivity index (χ4n) is 7.24. The lowest BCUT2D eigenvalue weighted by atomic mass is 9.84. The molecule has 10 rings (SSSR count). The van der Waals surface area contributed by atoms with Crippen LogP contribution in [-0.2, 0) is 0 Å². The first-order valence-corrected chi connectivity index (χ1v) is 16.2. The van der Waals surface area contributed by atoms with Gasteiger partial charge in [-0.05, 0) is 107 Å². The maximum Gasteiger partial charge on any atom is 0.136 e. The van der Waals surface area contributed by atoms with Crippen LogP contribution in [0.2, 0.25) is 0 Å². The summed E-state index contributed by atoms with van der Waals surface area (Å²) in [4.78, 5) is 0. The van der Waals surface area contributed by atoms with Crippen molar-refractivity contribution in [3.8, 4) is 44.5 Å². The SMILES string of the molecule is [2H]c1c([2H])c([2H])c(-c2c([2H])c(-c3c4ccccc4c(-c4ccc5c(c4)oc4cc6ccccc6cc45)c4ccccc34)c([2H])c([2H])c2-c2ccccc2)c([2H])c1[2H]. The molecule has 0 bridgehead atoms. The highest BCUT2D eigenvalue weighted by molar-refractivity contribution is 6.22. The number of hydrogen-bond acceptors (Lipinski definition) is 1. The predicted octanol–water partition coefficient (Wildman–Crippen LogP) is 13.7. The van der Waals surface area contributed by atoms with Gasteiger partial charge in [0, 0.05) is 10.8 Å². The second-order valence-corrected chi connectivity index (χ2v) is 12.2. The molecule has 228 valence electrons. The molecule has 9 aromatic carbocycles. The molecule has 0 N–H and O–H groups in total. The zero-order chi connectivity index (χ0) is 39.3. The average molecular weight is 631 g/mol. The third kappa shape index (κ3) is 4.47. The van der Waals surface area contributed by atoms with E-state index >= 15 is 0 Å². The van der Waals surface area contributed by atoms with Gasteiger partial charge >= 0.3 is 0 Å². The summed E-state index contributed by atoms with van der Waals surface area (Å²) in [5, 5.41) is 7.46. The van der Waals surface area contributed by atoms with E-state index in [9.17, 15) is 4.11 Å². The number of rotatable bonds is 4. The molecule has 0 fully saturated rings. The smallest absolute Gasteiger partial charge is 0.136 e. The van der Waals surface area contributed by atoms with E-state index in [1.54, 1.807) is 24.3 Å². The molecule has 1 heteroatoms. The lowest BCUT2D eigenvalue weighted by molar-refractivity contribution is 0.669. The van der Waals surface area contributed by atoms with Gasteiger partial charge in [-0.1, -0.05) is 151 Å². The van der Waals surface area contributed by atoms with Crippen LogP contribution in [0.25, 0.3) is 98.8 Å². The van der Waals surface area contributed by atoms with Gasteiger partial charge in [0.1, 0.15) is 11.2 Å². The molecule has 0 saturated heterocycles. The summed E-state index contributed by atoms with van der Waals surface area (Å²) in [5.41, 5.74) is 4.58. The lowest BCUT2D eigenvalue weighted by Crippen LogP contribution is -1.92. The van der Waals surface area contributed by atoms with Crippen molar-refractivity contribution in [2.45, 2.75) is 0 Å². The zero-order valence-corrected chi connectivity index (χ0v) is 26.1. The fourth-order valence-corrected chi connectivity index (χ4v) is 7.24. The van der Waals surface area contributed by atoms with E-state index in [1.165, 1.54) is 0 Å². The minimum atomic E-state index is -0.549. The van der Waals surface area contributed by atoms with Crippen molar-refractivity contribution >= 4 is 54.3 Å². The van der Waals surface area contributed by atoms with Crippen molar-refractivity contribution in [1.82, 2.24) is 0 Å². The van der Waals surface area contributed by atoms with Crippen molar-refractivity contribution < 1.29 is 15.4 Å².